The maximum absolute atomic E-state index is 14.1. The van der Waals surface area contributed by atoms with Gasteiger partial charge in [0.1, 0.15) is 11.9 Å². The summed E-state index contributed by atoms with van der Waals surface area (Å²) >= 11 is 1.40. The van der Waals surface area contributed by atoms with Crippen LogP contribution in [0.5, 0.6) is 5.75 Å². The van der Waals surface area contributed by atoms with E-state index in [1.807, 2.05) is 52.0 Å². The zero-order valence-corrected chi connectivity index (χ0v) is 29.4. The molecule has 47 heavy (non-hydrogen) atoms. The van der Waals surface area contributed by atoms with Crippen molar-refractivity contribution in [2.75, 3.05) is 38.7 Å². The number of nitrogens with zero attached hydrogens (tertiary/aromatic N) is 2. The van der Waals surface area contributed by atoms with Crippen molar-refractivity contribution >= 4 is 42.7 Å². The number of fused-ring (bicyclic) bond motifs is 2. The van der Waals surface area contributed by atoms with Crippen LogP contribution in [0.25, 0.3) is 10.2 Å². The van der Waals surface area contributed by atoms with Gasteiger partial charge in [-0.1, -0.05) is 37.3 Å². The van der Waals surface area contributed by atoms with Gasteiger partial charge in [-0.2, -0.15) is 4.31 Å². The number of aliphatic hydroxyl groups excluding tert-OH is 1. The van der Waals surface area contributed by atoms with E-state index >= 15 is 0 Å². The molecule has 0 aliphatic carbocycles. The van der Waals surface area contributed by atoms with E-state index in [4.69, 9.17) is 18.9 Å². The number of thiazole rings is 1. The zero-order chi connectivity index (χ0) is 33.7. The molecule has 2 aliphatic heterocycles. The van der Waals surface area contributed by atoms with Crippen molar-refractivity contribution in [3.05, 3.63) is 48.0 Å². The predicted molar refractivity (Wildman–Crippen MR) is 181 cm³/mol. The Hall–Kier alpha value is -2.81. The average Bonchev–Trinajstić information content (AvgIpc) is 3.66. The number of carbonyl (C=O) groups is 1. The van der Waals surface area contributed by atoms with Gasteiger partial charge in [0.05, 0.1) is 48.0 Å². The smallest absolute Gasteiger partial charge is 0.306 e. The Labute approximate surface area is 281 Å². The molecule has 0 radical (unpaired) electrons. The summed E-state index contributed by atoms with van der Waals surface area (Å²) < 4.78 is 53.0. The molecular weight excluding hydrogens is 643 g/mol. The van der Waals surface area contributed by atoms with E-state index in [-0.39, 0.29) is 54.7 Å². The van der Waals surface area contributed by atoms with E-state index in [0.29, 0.717) is 37.3 Å². The Balaban J connectivity index is 1.37. The highest BCUT2D eigenvalue weighted by atomic mass is 32.2. The Morgan fingerprint density at radius 2 is 1.87 bits per heavy atom. The molecule has 3 aromatic rings. The highest BCUT2D eigenvalue weighted by Gasteiger charge is 2.41. The Bertz CT molecular complexity index is 1610. The van der Waals surface area contributed by atoms with Crippen LogP contribution in [-0.4, -0.2) is 86.7 Å². The van der Waals surface area contributed by atoms with E-state index in [0.717, 1.165) is 21.8 Å². The van der Waals surface area contributed by atoms with Crippen molar-refractivity contribution < 1.29 is 37.3 Å². The number of ether oxygens (including phenoxy) is 4. The van der Waals surface area contributed by atoms with Crippen molar-refractivity contribution in [2.24, 2.45) is 17.8 Å². The number of aromatic nitrogens is 1. The normalized spacial score (nSPS) is 21.3. The van der Waals surface area contributed by atoms with Crippen LogP contribution in [0.15, 0.2) is 47.4 Å². The third-order valence-corrected chi connectivity index (χ3v) is 11.3. The molecular formula is C34H47N3O8S2. The van der Waals surface area contributed by atoms with E-state index in [1.165, 1.54) is 15.6 Å². The van der Waals surface area contributed by atoms with Gasteiger partial charge in [0.25, 0.3) is 0 Å². The summed E-state index contributed by atoms with van der Waals surface area (Å²) in [6.45, 7) is 8.92. The molecule has 2 fully saturated rings. The van der Waals surface area contributed by atoms with E-state index in [1.54, 1.807) is 25.3 Å². The highest BCUT2D eigenvalue weighted by Crippen LogP contribution is 2.34. The third-order valence-electron chi connectivity index (χ3n) is 8.50. The number of esters is 1. The van der Waals surface area contributed by atoms with Crippen LogP contribution < -0.4 is 10.1 Å². The lowest BCUT2D eigenvalue weighted by Gasteiger charge is -2.33. The van der Waals surface area contributed by atoms with Crippen molar-refractivity contribution in [1.82, 2.24) is 9.29 Å². The van der Waals surface area contributed by atoms with E-state index in [9.17, 15) is 18.3 Å². The first-order valence-corrected chi connectivity index (χ1v) is 18.6. The number of carbonyl (C=O) groups excluding carboxylic acids is 1. The summed E-state index contributed by atoms with van der Waals surface area (Å²) in [5, 5.41) is 15.8. The fourth-order valence-corrected chi connectivity index (χ4v) is 8.98. The molecule has 0 saturated carbocycles. The minimum Gasteiger partial charge on any atom is -0.497 e. The molecule has 0 spiro atoms. The molecule has 1 aromatic heterocycles. The first-order valence-electron chi connectivity index (χ1n) is 16.3. The number of sulfonamides is 1. The minimum absolute atomic E-state index is 0.0112. The molecule has 2 N–H and O–H groups in total. The summed E-state index contributed by atoms with van der Waals surface area (Å²) in [6, 6.07) is 12.6. The number of rotatable bonds is 15. The monoisotopic (exact) mass is 689 g/mol. The molecule has 11 nitrogen and oxygen atoms in total. The van der Waals surface area contributed by atoms with Crippen LogP contribution in [0.3, 0.4) is 0 Å². The number of methoxy groups -OCH3 is 1. The van der Waals surface area contributed by atoms with Crippen LogP contribution in [-0.2, 0) is 35.4 Å². The maximum atomic E-state index is 14.1. The second kappa shape index (κ2) is 15.6. The molecule has 2 aromatic carbocycles. The predicted octanol–water partition coefficient (Wildman–Crippen LogP) is 5.08. The van der Waals surface area contributed by atoms with E-state index < -0.39 is 28.0 Å². The summed E-state index contributed by atoms with van der Waals surface area (Å²) in [6.07, 6.45) is -0.270. The highest BCUT2D eigenvalue weighted by molar-refractivity contribution is 7.89. The van der Waals surface area contributed by atoms with Gasteiger partial charge in [-0.15, -0.1) is 0 Å². The SMILES string of the molecule is COc1cccc(C[C@H](CC(=O)O[C@H]2CCO[C@H]3OCC[C@H]32)[C@H](O)CN(CC(C)C)S(=O)(=O)c2ccc3nc(NC(C)C)sc3c2)c1. The number of aliphatic hydroxyl groups is 1. The quantitative estimate of drug-likeness (QED) is 0.208. The Morgan fingerprint density at radius 3 is 2.60 bits per heavy atom. The lowest BCUT2D eigenvalue weighted by Crippen LogP contribution is -2.43. The molecule has 5 atom stereocenters. The topological polar surface area (TPSA) is 137 Å². The molecule has 0 unspecified atom stereocenters. The van der Waals surface area contributed by atoms with Gasteiger partial charge in [0, 0.05) is 37.4 Å². The number of benzene rings is 2. The average molecular weight is 690 g/mol. The minimum atomic E-state index is -4.01. The standard InChI is InChI=1S/C34H47N3O8S2/c1-21(2)19-37(47(40,41)26-9-10-28-31(18-26)46-34(36-28)35-22(3)4)20-29(38)24(15-23-7-6-8-25(16-23)42-5)17-32(39)45-30-12-14-44-33-27(30)11-13-43-33/h6-10,16,18,21-22,24,27,29-30,33,38H,11-15,17,19-20H2,1-5H3,(H,35,36)/t24-,27+,29-,30+,33-/m1/s1. The summed E-state index contributed by atoms with van der Waals surface area (Å²) in [5.41, 5.74) is 1.57. The van der Waals surface area contributed by atoms with Crippen LogP contribution in [0.4, 0.5) is 5.13 Å². The van der Waals surface area contributed by atoms with Gasteiger partial charge in [-0.05, 0) is 68.5 Å². The lowest BCUT2D eigenvalue weighted by molar-refractivity contribution is -0.195. The molecule has 13 heteroatoms. The van der Waals surface area contributed by atoms with Gasteiger partial charge in [0.15, 0.2) is 11.4 Å². The van der Waals surface area contributed by atoms with Gasteiger partial charge in [-0.3, -0.25) is 4.79 Å². The van der Waals surface area contributed by atoms with E-state index in [2.05, 4.69) is 10.3 Å². The largest absolute Gasteiger partial charge is 0.497 e. The van der Waals surface area contributed by atoms with Crippen molar-refractivity contribution in [3.63, 3.8) is 0 Å². The van der Waals surface area contributed by atoms with Crippen LogP contribution in [0.1, 0.15) is 52.5 Å². The molecule has 2 saturated heterocycles. The first kappa shape index (κ1) is 35.5. The summed E-state index contributed by atoms with van der Waals surface area (Å²) in [5.74, 6) is -0.433. The number of hydrogen-bond donors (Lipinski definition) is 2. The molecule has 0 amide bonds. The Morgan fingerprint density at radius 1 is 1.11 bits per heavy atom. The summed E-state index contributed by atoms with van der Waals surface area (Å²) in [7, 11) is -2.43. The summed E-state index contributed by atoms with van der Waals surface area (Å²) in [4.78, 5) is 18.1. The van der Waals surface area contributed by atoms with Crippen LogP contribution in [0.2, 0.25) is 0 Å². The van der Waals surface area contributed by atoms with Crippen molar-refractivity contribution in [3.8, 4) is 5.75 Å². The van der Waals surface area contributed by atoms with Gasteiger partial charge in [0.2, 0.25) is 10.0 Å². The van der Waals surface area contributed by atoms with Gasteiger partial charge >= 0.3 is 5.97 Å². The lowest BCUT2D eigenvalue weighted by atomic mass is 9.90. The molecule has 3 heterocycles. The fourth-order valence-electron chi connectivity index (χ4n) is 6.21. The molecule has 258 valence electrons. The third kappa shape index (κ3) is 9.01. The zero-order valence-electron chi connectivity index (χ0n) is 27.8. The number of hydrogen-bond acceptors (Lipinski definition) is 11. The number of nitrogens with one attached hydrogen (secondary N) is 1. The first-order chi connectivity index (χ1) is 22.4. The molecule has 2 aliphatic rings. The second-order valence-electron chi connectivity index (χ2n) is 13.1. The van der Waals surface area contributed by atoms with Crippen LogP contribution in [0, 0.1) is 17.8 Å². The van der Waals surface area contributed by atoms with Gasteiger partial charge in [-0.25, -0.2) is 13.4 Å². The Kier molecular flexibility index (Phi) is 11.8. The fraction of sp³-hybridized carbons (Fsp3) is 0.588. The second-order valence-corrected chi connectivity index (χ2v) is 16.1. The molecule has 0 bridgehead atoms. The van der Waals surface area contributed by atoms with Crippen molar-refractivity contribution in [1.29, 1.82) is 0 Å². The van der Waals surface area contributed by atoms with Gasteiger partial charge < -0.3 is 29.4 Å². The number of anilines is 1. The molecule has 5 rings (SSSR count). The van der Waals surface area contributed by atoms with Crippen LogP contribution >= 0.6 is 11.3 Å². The maximum Gasteiger partial charge on any atom is 0.306 e. The van der Waals surface area contributed by atoms with Crippen molar-refractivity contribution in [2.45, 2.75) is 82.8 Å².